The van der Waals surface area contributed by atoms with Crippen molar-refractivity contribution < 1.29 is 4.74 Å². The first-order chi connectivity index (χ1) is 9.33. The molecule has 2 aliphatic rings. The molecule has 3 nitrogen and oxygen atoms in total. The van der Waals surface area contributed by atoms with Crippen molar-refractivity contribution in [3.63, 3.8) is 0 Å². The molecular formula is C16H24N2O. The van der Waals surface area contributed by atoms with Crippen LogP contribution in [-0.2, 0) is 6.42 Å². The largest absolute Gasteiger partial charge is 0.497 e. The van der Waals surface area contributed by atoms with Crippen molar-refractivity contribution in [1.82, 2.24) is 10.2 Å². The molecule has 1 aliphatic heterocycles. The van der Waals surface area contributed by atoms with E-state index >= 15 is 0 Å². The van der Waals surface area contributed by atoms with Crippen LogP contribution in [0.15, 0.2) is 18.2 Å². The molecule has 1 saturated heterocycles. The number of hydrogen-bond donors (Lipinski definition) is 1. The number of fused-ring (bicyclic) bond motifs is 1. The Hall–Kier alpha value is -1.06. The second-order valence-electron chi connectivity index (χ2n) is 5.61. The van der Waals surface area contributed by atoms with Crippen LogP contribution in [0.5, 0.6) is 5.75 Å². The Balaban J connectivity index is 1.89. The van der Waals surface area contributed by atoms with Gasteiger partial charge in [-0.2, -0.15) is 0 Å². The van der Waals surface area contributed by atoms with Gasteiger partial charge in [0, 0.05) is 12.1 Å². The molecule has 0 saturated carbocycles. The number of likely N-dealkylation sites (N-methyl/N-ethyl adjacent to an activating group) is 1. The number of nitrogens with zero attached hydrogens (tertiary/aromatic N) is 1. The molecule has 0 bridgehead atoms. The summed E-state index contributed by atoms with van der Waals surface area (Å²) in [6.45, 7) is 5.74. The molecule has 3 heteroatoms. The van der Waals surface area contributed by atoms with Crippen molar-refractivity contribution in [3.05, 3.63) is 29.3 Å². The molecule has 2 atom stereocenters. The smallest absolute Gasteiger partial charge is 0.119 e. The first kappa shape index (κ1) is 12.9. The number of benzene rings is 1. The van der Waals surface area contributed by atoms with Gasteiger partial charge in [0.2, 0.25) is 0 Å². The molecule has 1 aliphatic carbocycles. The number of rotatable bonds is 4. The molecule has 1 aromatic rings. The third-order valence-corrected chi connectivity index (χ3v) is 4.54. The van der Waals surface area contributed by atoms with Gasteiger partial charge in [0.1, 0.15) is 5.75 Å². The van der Waals surface area contributed by atoms with E-state index in [9.17, 15) is 0 Å². The van der Waals surface area contributed by atoms with E-state index in [1.54, 1.807) is 7.11 Å². The van der Waals surface area contributed by atoms with Gasteiger partial charge in [-0.3, -0.25) is 4.90 Å². The number of ether oxygens (including phenoxy) is 1. The maximum Gasteiger partial charge on any atom is 0.119 e. The second kappa shape index (κ2) is 5.51. The van der Waals surface area contributed by atoms with Gasteiger partial charge in [-0.05, 0) is 62.2 Å². The summed E-state index contributed by atoms with van der Waals surface area (Å²) in [6, 6.07) is 7.65. The number of methoxy groups -OCH3 is 1. The molecule has 2 unspecified atom stereocenters. The van der Waals surface area contributed by atoms with E-state index in [0.29, 0.717) is 12.1 Å². The Morgan fingerprint density at radius 1 is 1.32 bits per heavy atom. The van der Waals surface area contributed by atoms with Gasteiger partial charge < -0.3 is 10.1 Å². The van der Waals surface area contributed by atoms with Crippen LogP contribution in [-0.4, -0.2) is 37.7 Å². The summed E-state index contributed by atoms with van der Waals surface area (Å²) >= 11 is 0. The molecule has 19 heavy (non-hydrogen) atoms. The molecule has 0 amide bonds. The second-order valence-corrected chi connectivity index (χ2v) is 5.61. The lowest BCUT2D eigenvalue weighted by Gasteiger charge is -2.30. The van der Waals surface area contributed by atoms with Crippen molar-refractivity contribution in [2.24, 2.45) is 0 Å². The fourth-order valence-electron chi connectivity index (χ4n) is 3.60. The fourth-order valence-corrected chi connectivity index (χ4v) is 3.60. The highest BCUT2D eigenvalue weighted by atomic mass is 16.5. The van der Waals surface area contributed by atoms with Crippen LogP contribution in [0.25, 0.3) is 0 Å². The first-order valence-electron chi connectivity index (χ1n) is 7.47. The molecule has 0 aromatic heterocycles. The predicted octanol–water partition coefficient (Wildman–Crippen LogP) is 2.37. The van der Waals surface area contributed by atoms with Crippen molar-refractivity contribution in [1.29, 1.82) is 0 Å². The zero-order valence-corrected chi connectivity index (χ0v) is 12.0. The van der Waals surface area contributed by atoms with Crippen molar-refractivity contribution in [2.45, 2.75) is 38.3 Å². The summed E-state index contributed by atoms with van der Waals surface area (Å²) in [4.78, 5) is 2.67. The summed E-state index contributed by atoms with van der Waals surface area (Å²) in [6.07, 6.45) is 3.89. The molecule has 1 fully saturated rings. The molecule has 1 heterocycles. The van der Waals surface area contributed by atoms with E-state index in [1.165, 1.54) is 43.5 Å². The van der Waals surface area contributed by atoms with Crippen molar-refractivity contribution in [2.75, 3.05) is 26.7 Å². The molecule has 0 radical (unpaired) electrons. The Morgan fingerprint density at radius 2 is 2.11 bits per heavy atom. The molecule has 1 aromatic carbocycles. The average molecular weight is 260 g/mol. The summed E-state index contributed by atoms with van der Waals surface area (Å²) < 4.78 is 5.39. The van der Waals surface area contributed by atoms with E-state index in [0.717, 1.165) is 12.3 Å². The maximum atomic E-state index is 5.39. The highest BCUT2D eigenvalue weighted by Gasteiger charge is 2.36. The number of nitrogens with one attached hydrogen (secondary N) is 1. The fraction of sp³-hybridized carbons (Fsp3) is 0.625. The number of hydrogen-bond acceptors (Lipinski definition) is 3. The van der Waals surface area contributed by atoms with Crippen molar-refractivity contribution in [3.8, 4) is 5.75 Å². The maximum absolute atomic E-state index is 5.39. The minimum absolute atomic E-state index is 0.466. The van der Waals surface area contributed by atoms with Gasteiger partial charge in [0.05, 0.1) is 7.11 Å². The zero-order valence-electron chi connectivity index (χ0n) is 12.0. The Morgan fingerprint density at radius 3 is 2.79 bits per heavy atom. The summed E-state index contributed by atoms with van der Waals surface area (Å²) in [7, 11) is 1.75. The highest BCUT2D eigenvalue weighted by molar-refractivity contribution is 5.43. The van der Waals surface area contributed by atoms with Crippen LogP contribution in [0.4, 0.5) is 0 Å². The lowest BCUT2D eigenvalue weighted by molar-refractivity contribution is 0.205. The van der Waals surface area contributed by atoms with Gasteiger partial charge in [0.25, 0.3) is 0 Å². The monoisotopic (exact) mass is 260 g/mol. The van der Waals surface area contributed by atoms with E-state index in [1.807, 2.05) is 0 Å². The average Bonchev–Trinajstić information content (AvgIpc) is 3.06. The van der Waals surface area contributed by atoms with E-state index in [4.69, 9.17) is 4.74 Å². The van der Waals surface area contributed by atoms with Gasteiger partial charge >= 0.3 is 0 Å². The summed E-state index contributed by atoms with van der Waals surface area (Å²) in [5.74, 6) is 0.976. The van der Waals surface area contributed by atoms with Gasteiger partial charge in [0.15, 0.2) is 0 Å². The third-order valence-electron chi connectivity index (χ3n) is 4.54. The summed E-state index contributed by atoms with van der Waals surface area (Å²) in [5, 5.41) is 3.68. The highest BCUT2D eigenvalue weighted by Crippen LogP contribution is 2.37. The molecular weight excluding hydrogens is 236 g/mol. The summed E-state index contributed by atoms with van der Waals surface area (Å²) in [5.41, 5.74) is 2.93. The van der Waals surface area contributed by atoms with Crippen molar-refractivity contribution >= 4 is 0 Å². The van der Waals surface area contributed by atoms with Crippen LogP contribution in [0, 0.1) is 0 Å². The lowest BCUT2D eigenvalue weighted by Crippen LogP contribution is -2.41. The molecule has 1 N–H and O–H groups in total. The van der Waals surface area contributed by atoms with Crippen LogP contribution < -0.4 is 10.1 Å². The molecule has 3 rings (SSSR count). The Labute approximate surface area is 115 Å². The molecule has 0 spiro atoms. The minimum atomic E-state index is 0.466. The van der Waals surface area contributed by atoms with E-state index < -0.39 is 0 Å². The Kier molecular flexibility index (Phi) is 3.76. The Bertz CT molecular complexity index is 440. The predicted molar refractivity (Wildman–Crippen MR) is 77.7 cm³/mol. The van der Waals surface area contributed by atoms with Gasteiger partial charge in [-0.15, -0.1) is 0 Å². The molecule has 104 valence electrons. The SMILES string of the molecule is CCNC1c2cc(OC)ccc2CC1N1CCCC1. The quantitative estimate of drug-likeness (QED) is 0.899. The van der Waals surface area contributed by atoms with E-state index in [2.05, 4.69) is 35.3 Å². The normalized spacial score (nSPS) is 26.6. The zero-order chi connectivity index (χ0) is 13.2. The lowest BCUT2D eigenvalue weighted by atomic mass is 10.1. The van der Waals surface area contributed by atoms with Crippen LogP contribution in [0.3, 0.4) is 0 Å². The van der Waals surface area contributed by atoms with Crippen LogP contribution in [0.2, 0.25) is 0 Å². The standard InChI is InChI=1S/C16H24N2O/c1-3-17-16-14-11-13(19-2)7-6-12(14)10-15(16)18-8-4-5-9-18/h6-7,11,15-17H,3-5,8-10H2,1-2H3. The van der Waals surface area contributed by atoms with Crippen LogP contribution in [0.1, 0.15) is 36.9 Å². The minimum Gasteiger partial charge on any atom is -0.497 e. The topological polar surface area (TPSA) is 24.5 Å². The van der Waals surface area contributed by atoms with Gasteiger partial charge in [-0.1, -0.05) is 13.0 Å². The first-order valence-corrected chi connectivity index (χ1v) is 7.47. The van der Waals surface area contributed by atoms with Crippen LogP contribution >= 0.6 is 0 Å². The third kappa shape index (κ3) is 2.37. The van der Waals surface area contributed by atoms with Gasteiger partial charge in [-0.25, -0.2) is 0 Å². The number of likely N-dealkylation sites (tertiary alicyclic amines) is 1. The van der Waals surface area contributed by atoms with E-state index in [-0.39, 0.29) is 0 Å².